The summed E-state index contributed by atoms with van der Waals surface area (Å²) in [6, 6.07) is 0. The fourth-order valence-electron chi connectivity index (χ4n) is 2.91. The molecule has 2 rings (SSSR count). The Morgan fingerprint density at radius 2 is 1.68 bits per heavy atom. The molecular weight excluding hydrogens is 276 g/mol. The molecular formula is C17H28N4O. The molecule has 0 unspecified atom stereocenters. The first-order chi connectivity index (χ1) is 10.8. The Bertz CT molecular complexity index is 446. The molecule has 1 aromatic heterocycles. The lowest BCUT2D eigenvalue weighted by Gasteiger charge is -2.22. The molecule has 5 nitrogen and oxygen atoms in total. The van der Waals surface area contributed by atoms with E-state index in [1.54, 1.807) is 12.4 Å². The topological polar surface area (TPSA) is 49.3 Å². The molecule has 1 amide bonds. The summed E-state index contributed by atoms with van der Waals surface area (Å²) in [7, 11) is 0. The highest BCUT2D eigenvalue weighted by Gasteiger charge is 2.17. The van der Waals surface area contributed by atoms with E-state index in [0.717, 1.165) is 44.8 Å². The van der Waals surface area contributed by atoms with Crippen LogP contribution in [0.2, 0.25) is 0 Å². The minimum Gasteiger partial charge on any atom is -0.355 e. The van der Waals surface area contributed by atoms with Crippen molar-refractivity contribution < 1.29 is 4.79 Å². The van der Waals surface area contributed by atoms with E-state index in [4.69, 9.17) is 0 Å². The summed E-state index contributed by atoms with van der Waals surface area (Å²) in [6.45, 7) is 7.82. The summed E-state index contributed by atoms with van der Waals surface area (Å²) in [5.41, 5.74) is 0.459. The molecule has 5 heteroatoms. The molecule has 0 N–H and O–H groups in total. The van der Waals surface area contributed by atoms with Crippen molar-refractivity contribution in [2.45, 2.75) is 52.4 Å². The van der Waals surface area contributed by atoms with Crippen molar-refractivity contribution in [3.63, 3.8) is 0 Å². The van der Waals surface area contributed by atoms with Gasteiger partial charge in [-0.05, 0) is 25.7 Å². The maximum Gasteiger partial charge on any atom is 0.274 e. The lowest BCUT2D eigenvalue weighted by Crippen LogP contribution is -2.33. The van der Waals surface area contributed by atoms with Crippen LogP contribution in [0, 0.1) is 0 Å². The molecule has 0 radical (unpaired) electrons. The Balaban J connectivity index is 2.04. The van der Waals surface area contributed by atoms with Gasteiger partial charge in [-0.2, -0.15) is 0 Å². The zero-order valence-electron chi connectivity index (χ0n) is 13.9. The molecule has 2 heterocycles. The highest BCUT2D eigenvalue weighted by atomic mass is 16.2. The summed E-state index contributed by atoms with van der Waals surface area (Å²) < 4.78 is 0. The first-order valence-corrected chi connectivity index (χ1v) is 8.62. The Hall–Kier alpha value is -1.65. The highest BCUT2D eigenvalue weighted by molar-refractivity contribution is 5.92. The molecule has 122 valence electrons. The van der Waals surface area contributed by atoms with Crippen LogP contribution in [0.25, 0.3) is 0 Å². The van der Waals surface area contributed by atoms with Crippen molar-refractivity contribution in [2.24, 2.45) is 0 Å². The monoisotopic (exact) mass is 304 g/mol. The number of carbonyl (C=O) groups excluding carboxylic acids is 1. The van der Waals surface area contributed by atoms with Crippen molar-refractivity contribution >= 4 is 11.7 Å². The van der Waals surface area contributed by atoms with Crippen molar-refractivity contribution in [1.29, 1.82) is 0 Å². The molecule has 0 spiro atoms. The minimum absolute atomic E-state index is 0.00128. The fourth-order valence-corrected chi connectivity index (χ4v) is 2.91. The number of hydrogen-bond donors (Lipinski definition) is 0. The van der Waals surface area contributed by atoms with Gasteiger partial charge in [0, 0.05) is 26.2 Å². The standard InChI is InChI=1S/C17H28N4O/c1-3-9-21(10-4-2)17(22)15-13-19-16(14-18-15)20-11-7-5-6-8-12-20/h13-14H,3-12H2,1-2H3. The van der Waals surface area contributed by atoms with E-state index in [2.05, 4.69) is 28.7 Å². The highest BCUT2D eigenvalue weighted by Crippen LogP contribution is 2.16. The summed E-state index contributed by atoms with van der Waals surface area (Å²) >= 11 is 0. The number of rotatable bonds is 6. The maximum atomic E-state index is 12.5. The first kappa shape index (κ1) is 16.7. The smallest absolute Gasteiger partial charge is 0.274 e. The van der Waals surface area contributed by atoms with E-state index < -0.39 is 0 Å². The van der Waals surface area contributed by atoms with Gasteiger partial charge in [-0.15, -0.1) is 0 Å². The Morgan fingerprint density at radius 1 is 1.05 bits per heavy atom. The quantitative estimate of drug-likeness (QED) is 0.810. The predicted octanol–water partition coefficient (Wildman–Crippen LogP) is 3.12. The van der Waals surface area contributed by atoms with Gasteiger partial charge in [-0.25, -0.2) is 9.97 Å². The van der Waals surface area contributed by atoms with Crippen LogP contribution in [-0.4, -0.2) is 47.0 Å². The Kier molecular flexibility index (Phi) is 6.62. The van der Waals surface area contributed by atoms with Crippen LogP contribution in [-0.2, 0) is 0 Å². The zero-order valence-corrected chi connectivity index (χ0v) is 13.9. The van der Waals surface area contributed by atoms with E-state index in [0.29, 0.717) is 5.69 Å². The van der Waals surface area contributed by atoms with Gasteiger partial charge in [0.15, 0.2) is 0 Å². The molecule has 22 heavy (non-hydrogen) atoms. The Morgan fingerprint density at radius 3 is 2.18 bits per heavy atom. The van der Waals surface area contributed by atoms with Gasteiger partial charge in [0.05, 0.1) is 12.4 Å². The van der Waals surface area contributed by atoms with Crippen LogP contribution in [0.5, 0.6) is 0 Å². The lowest BCUT2D eigenvalue weighted by molar-refractivity contribution is 0.0749. The third-order valence-corrected chi connectivity index (χ3v) is 4.06. The molecule has 1 saturated heterocycles. The average Bonchev–Trinajstić information content (AvgIpc) is 2.83. The van der Waals surface area contributed by atoms with Gasteiger partial charge in [-0.1, -0.05) is 26.7 Å². The van der Waals surface area contributed by atoms with E-state index in [9.17, 15) is 4.79 Å². The molecule has 0 aromatic carbocycles. The summed E-state index contributed by atoms with van der Waals surface area (Å²) in [5.74, 6) is 0.898. The van der Waals surface area contributed by atoms with Gasteiger partial charge in [0.1, 0.15) is 11.5 Å². The number of nitrogens with zero attached hydrogens (tertiary/aromatic N) is 4. The molecule has 0 aliphatic carbocycles. The summed E-state index contributed by atoms with van der Waals surface area (Å²) in [6.07, 6.45) is 10.3. The van der Waals surface area contributed by atoms with Gasteiger partial charge in [0.2, 0.25) is 0 Å². The predicted molar refractivity (Wildman–Crippen MR) is 89.2 cm³/mol. The van der Waals surface area contributed by atoms with Crippen LogP contribution in [0.1, 0.15) is 62.9 Å². The summed E-state index contributed by atoms with van der Waals surface area (Å²) in [5, 5.41) is 0. The van der Waals surface area contributed by atoms with E-state index in [1.165, 1.54) is 25.7 Å². The van der Waals surface area contributed by atoms with E-state index in [-0.39, 0.29) is 5.91 Å². The third kappa shape index (κ3) is 4.42. The molecule has 1 fully saturated rings. The van der Waals surface area contributed by atoms with Crippen LogP contribution >= 0.6 is 0 Å². The van der Waals surface area contributed by atoms with Crippen LogP contribution in [0.15, 0.2) is 12.4 Å². The maximum absolute atomic E-state index is 12.5. The van der Waals surface area contributed by atoms with Gasteiger partial charge in [0.25, 0.3) is 5.91 Å². The molecule has 0 bridgehead atoms. The number of amides is 1. The molecule has 0 saturated carbocycles. The van der Waals surface area contributed by atoms with Crippen LogP contribution in [0.4, 0.5) is 5.82 Å². The van der Waals surface area contributed by atoms with Gasteiger partial charge < -0.3 is 9.80 Å². The molecule has 0 atom stereocenters. The normalized spacial score (nSPS) is 15.5. The fraction of sp³-hybridized carbons (Fsp3) is 0.706. The van der Waals surface area contributed by atoms with Crippen LogP contribution < -0.4 is 4.90 Å². The first-order valence-electron chi connectivity index (χ1n) is 8.62. The second-order valence-electron chi connectivity index (χ2n) is 5.95. The SMILES string of the molecule is CCCN(CCC)C(=O)c1cnc(N2CCCCCC2)cn1. The second kappa shape index (κ2) is 8.71. The van der Waals surface area contributed by atoms with E-state index in [1.807, 2.05) is 4.90 Å². The second-order valence-corrected chi connectivity index (χ2v) is 5.95. The molecule has 1 aliphatic heterocycles. The number of hydrogen-bond acceptors (Lipinski definition) is 4. The van der Waals surface area contributed by atoms with E-state index >= 15 is 0 Å². The van der Waals surface area contributed by atoms with Crippen molar-refractivity contribution in [3.05, 3.63) is 18.1 Å². The van der Waals surface area contributed by atoms with Crippen molar-refractivity contribution in [2.75, 3.05) is 31.1 Å². The number of anilines is 1. The van der Waals surface area contributed by atoms with Gasteiger partial charge in [-0.3, -0.25) is 4.79 Å². The van der Waals surface area contributed by atoms with Gasteiger partial charge >= 0.3 is 0 Å². The average molecular weight is 304 g/mol. The van der Waals surface area contributed by atoms with Crippen molar-refractivity contribution in [1.82, 2.24) is 14.9 Å². The molecule has 1 aromatic rings. The Labute approximate surface area is 133 Å². The largest absolute Gasteiger partial charge is 0.355 e. The third-order valence-electron chi connectivity index (χ3n) is 4.06. The van der Waals surface area contributed by atoms with Crippen molar-refractivity contribution in [3.8, 4) is 0 Å². The lowest BCUT2D eigenvalue weighted by atomic mass is 10.2. The number of carbonyl (C=O) groups is 1. The number of aromatic nitrogens is 2. The van der Waals surface area contributed by atoms with Crippen LogP contribution in [0.3, 0.4) is 0 Å². The molecule has 1 aliphatic rings. The zero-order chi connectivity index (χ0) is 15.8. The minimum atomic E-state index is -0.00128. The summed E-state index contributed by atoms with van der Waals surface area (Å²) in [4.78, 5) is 25.5.